The van der Waals surface area contributed by atoms with E-state index in [-0.39, 0.29) is 0 Å². The second kappa shape index (κ2) is 4.67. The number of furan rings is 1. The molecule has 2 aromatic carbocycles. The van der Waals surface area contributed by atoms with Crippen LogP contribution in [0.15, 0.2) is 65.3 Å². The molecular weight excluding hydrogens is 224 g/mol. The average molecular weight is 238 g/mol. The number of aliphatic hydroxyl groups excluding tert-OH is 1. The lowest BCUT2D eigenvalue weighted by molar-refractivity contribution is 0.172. The van der Waals surface area contributed by atoms with Crippen molar-refractivity contribution in [1.82, 2.24) is 0 Å². The van der Waals surface area contributed by atoms with Crippen LogP contribution in [0.2, 0.25) is 0 Å². The van der Waals surface area contributed by atoms with Gasteiger partial charge in [0.05, 0.1) is 12.4 Å². The molecule has 0 radical (unpaired) electrons. The van der Waals surface area contributed by atoms with Crippen molar-refractivity contribution in [2.75, 3.05) is 0 Å². The maximum Gasteiger partial charge on any atom is 0.106 e. The number of aliphatic hydroxyl groups is 1. The zero-order chi connectivity index (χ0) is 12.4. The van der Waals surface area contributed by atoms with Crippen LogP contribution in [0.3, 0.4) is 0 Å². The van der Waals surface area contributed by atoms with Crippen molar-refractivity contribution >= 4 is 10.8 Å². The molecule has 0 aliphatic carbocycles. The highest BCUT2D eigenvalue weighted by molar-refractivity contribution is 5.85. The summed E-state index contributed by atoms with van der Waals surface area (Å²) in [6.45, 7) is 0. The minimum atomic E-state index is -0.540. The van der Waals surface area contributed by atoms with Gasteiger partial charge in [0.15, 0.2) is 0 Å². The minimum Gasteiger partial charge on any atom is -0.469 e. The third kappa shape index (κ3) is 2.03. The Bertz CT molecular complexity index is 636. The number of hydrogen-bond acceptors (Lipinski definition) is 2. The van der Waals surface area contributed by atoms with Crippen LogP contribution in [0.4, 0.5) is 0 Å². The highest BCUT2D eigenvalue weighted by atomic mass is 16.3. The van der Waals surface area contributed by atoms with Crippen molar-refractivity contribution in [2.45, 2.75) is 12.5 Å². The molecule has 0 fully saturated rings. The van der Waals surface area contributed by atoms with Gasteiger partial charge in [0.25, 0.3) is 0 Å². The van der Waals surface area contributed by atoms with E-state index in [1.54, 1.807) is 6.26 Å². The Morgan fingerprint density at radius 1 is 0.944 bits per heavy atom. The lowest BCUT2D eigenvalue weighted by Crippen LogP contribution is -2.01. The summed E-state index contributed by atoms with van der Waals surface area (Å²) in [6.07, 6.45) is 1.59. The van der Waals surface area contributed by atoms with Gasteiger partial charge in [-0.2, -0.15) is 0 Å². The van der Waals surface area contributed by atoms with E-state index in [0.29, 0.717) is 6.42 Å². The fraction of sp³-hybridized carbons (Fsp3) is 0.125. The van der Waals surface area contributed by atoms with E-state index >= 15 is 0 Å². The van der Waals surface area contributed by atoms with Gasteiger partial charge in [-0.05, 0) is 28.5 Å². The third-order valence-electron chi connectivity index (χ3n) is 3.16. The maximum absolute atomic E-state index is 10.3. The monoisotopic (exact) mass is 238 g/mol. The molecule has 1 atom stereocenters. The highest BCUT2D eigenvalue weighted by Crippen LogP contribution is 2.26. The molecule has 0 aliphatic heterocycles. The summed E-state index contributed by atoms with van der Waals surface area (Å²) in [4.78, 5) is 0. The van der Waals surface area contributed by atoms with Crippen molar-refractivity contribution in [1.29, 1.82) is 0 Å². The summed E-state index contributed by atoms with van der Waals surface area (Å²) < 4.78 is 5.28. The molecule has 2 heteroatoms. The zero-order valence-corrected chi connectivity index (χ0v) is 9.91. The molecule has 90 valence electrons. The van der Waals surface area contributed by atoms with Gasteiger partial charge in [-0.15, -0.1) is 0 Å². The number of benzene rings is 2. The summed E-state index contributed by atoms with van der Waals surface area (Å²) >= 11 is 0. The van der Waals surface area contributed by atoms with Crippen molar-refractivity contribution in [3.05, 3.63) is 72.2 Å². The average Bonchev–Trinajstić information content (AvgIpc) is 2.91. The van der Waals surface area contributed by atoms with Gasteiger partial charge >= 0.3 is 0 Å². The molecule has 0 spiro atoms. The topological polar surface area (TPSA) is 33.4 Å². The number of rotatable bonds is 3. The van der Waals surface area contributed by atoms with Gasteiger partial charge in [-0.25, -0.2) is 0 Å². The van der Waals surface area contributed by atoms with E-state index in [0.717, 1.165) is 22.1 Å². The van der Waals surface area contributed by atoms with Gasteiger partial charge in [0, 0.05) is 6.42 Å². The largest absolute Gasteiger partial charge is 0.469 e. The van der Waals surface area contributed by atoms with Crippen LogP contribution in [-0.2, 0) is 6.42 Å². The highest BCUT2D eigenvalue weighted by Gasteiger charge is 2.12. The van der Waals surface area contributed by atoms with Gasteiger partial charge in [-0.1, -0.05) is 42.5 Å². The second-order valence-corrected chi connectivity index (χ2v) is 4.37. The zero-order valence-electron chi connectivity index (χ0n) is 9.91. The van der Waals surface area contributed by atoms with E-state index in [1.165, 1.54) is 0 Å². The molecule has 0 saturated carbocycles. The molecule has 3 aromatic rings. The second-order valence-electron chi connectivity index (χ2n) is 4.37. The third-order valence-corrected chi connectivity index (χ3v) is 3.16. The Kier molecular flexibility index (Phi) is 2.87. The molecule has 3 rings (SSSR count). The standard InChI is InChI=1S/C16H14O2/c17-16(11-13-7-4-10-18-13)15-9-3-6-12-5-1-2-8-14(12)15/h1-10,16-17H,11H2. The summed E-state index contributed by atoms with van der Waals surface area (Å²) in [5.41, 5.74) is 0.949. The van der Waals surface area contributed by atoms with Gasteiger partial charge in [0.1, 0.15) is 5.76 Å². The molecule has 1 heterocycles. The molecule has 1 N–H and O–H groups in total. The Labute approximate surface area is 105 Å². The predicted octanol–water partition coefficient (Wildman–Crippen LogP) is 3.71. The van der Waals surface area contributed by atoms with Crippen LogP contribution in [0.25, 0.3) is 10.8 Å². The number of hydrogen-bond donors (Lipinski definition) is 1. The first-order valence-corrected chi connectivity index (χ1v) is 6.03. The first-order valence-electron chi connectivity index (χ1n) is 6.03. The normalized spacial score (nSPS) is 12.7. The van der Waals surface area contributed by atoms with Crippen LogP contribution in [-0.4, -0.2) is 5.11 Å². The molecule has 0 amide bonds. The van der Waals surface area contributed by atoms with Crippen molar-refractivity contribution in [3.8, 4) is 0 Å². The summed E-state index contributed by atoms with van der Waals surface area (Å²) in [7, 11) is 0. The van der Waals surface area contributed by atoms with E-state index < -0.39 is 6.10 Å². The minimum absolute atomic E-state index is 0.501. The molecule has 0 saturated heterocycles. The summed E-state index contributed by atoms with van der Waals surface area (Å²) in [5, 5.41) is 12.6. The molecule has 0 aliphatic rings. The molecule has 1 aromatic heterocycles. The molecule has 0 bridgehead atoms. The van der Waals surface area contributed by atoms with Crippen molar-refractivity contribution in [3.63, 3.8) is 0 Å². The maximum atomic E-state index is 10.3. The lowest BCUT2D eigenvalue weighted by Gasteiger charge is -2.12. The Morgan fingerprint density at radius 3 is 2.61 bits per heavy atom. The lowest BCUT2D eigenvalue weighted by atomic mass is 9.98. The quantitative estimate of drug-likeness (QED) is 0.754. The van der Waals surface area contributed by atoms with Crippen LogP contribution in [0.5, 0.6) is 0 Å². The fourth-order valence-electron chi connectivity index (χ4n) is 2.27. The predicted molar refractivity (Wildman–Crippen MR) is 71.3 cm³/mol. The van der Waals surface area contributed by atoms with Crippen LogP contribution < -0.4 is 0 Å². The Morgan fingerprint density at radius 2 is 1.78 bits per heavy atom. The van der Waals surface area contributed by atoms with Gasteiger partial charge in [-0.3, -0.25) is 0 Å². The van der Waals surface area contributed by atoms with Crippen LogP contribution >= 0.6 is 0 Å². The first kappa shape index (κ1) is 11.1. The van der Waals surface area contributed by atoms with Gasteiger partial charge < -0.3 is 9.52 Å². The molecule has 1 unspecified atom stereocenters. The summed E-state index contributed by atoms with van der Waals surface area (Å²) in [6, 6.07) is 17.8. The Hall–Kier alpha value is -2.06. The molecular formula is C16H14O2. The molecule has 18 heavy (non-hydrogen) atoms. The van der Waals surface area contributed by atoms with Crippen molar-refractivity contribution < 1.29 is 9.52 Å². The van der Waals surface area contributed by atoms with Gasteiger partial charge in [0.2, 0.25) is 0 Å². The van der Waals surface area contributed by atoms with Crippen LogP contribution in [0, 0.1) is 0 Å². The first-order chi connectivity index (χ1) is 8.84. The molecule has 2 nitrogen and oxygen atoms in total. The van der Waals surface area contributed by atoms with Crippen LogP contribution in [0.1, 0.15) is 17.4 Å². The Balaban J connectivity index is 1.98. The van der Waals surface area contributed by atoms with E-state index in [9.17, 15) is 5.11 Å². The number of fused-ring (bicyclic) bond motifs is 1. The summed E-state index contributed by atoms with van der Waals surface area (Å²) in [5.74, 6) is 0.801. The van der Waals surface area contributed by atoms with E-state index in [2.05, 4.69) is 12.1 Å². The van der Waals surface area contributed by atoms with E-state index in [4.69, 9.17) is 4.42 Å². The van der Waals surface area contributed by atoms with E-state index in [1.807, 2.05) is 42.5 Å². The smallest absolute Gasteiger partial charge is 0.106 e. The fourth-order valence-corrected chi connectivity index (χ4v) is 2.27. The SMILES string of the molecule is OC(Cc1ccco1)c1cccc2ccccc12. The van der Waals surface area contributed by atoms with Crippen molar-refractivity contribution in [2.24, 2.45) is 0 Å².